The number of rotatable bonds is 9. The normalized spacial score (nSPS) is 10.6. The molecule has 0 aliphatic heterocycles. The molecule has 146 valence electrons. The Kier molecular flexibility index (Phi) is 7.53. The molecule has 0 unspecified atom stereocenters. The topological polar surface area (TPSA) is 50.8 Å². The number of benzene rings is 2. The van der Waals surface area contributed by atoms with Gasteiger partial charge in [0.15, 0.2) is 11.5 Å². The molecule has 5 heteroatoms. The molecule has 0 spiro atoms. The minimum Gasteiger partial charge on any atom is -0.493 e. The van der Waals surface area contributed by atoms with Gasteiger partial charge in [0.1, 0.15) is 0 Å². The van der Waals surface area contributed by atoms with Gasteiger partial charge in [-0.25, -0.2) is 0 Å². The number of nitrogens with zero attached hydrogens (tertiary/aromatic N) is 1. The molecule has 0 fully saturated rings. The number of amides is 1. The van der Waals surface area contributed by atoms with Gasteiger partial charge in [-0.05, 0) is 56.5 Å². The van der Waals surface area contributed by atoms with Crippen LogP contribution in [0.15, 0.2) is 42.5 Å². The molecular formula is C22H30N2O3. The van der Waals surface area contributed by atoms with Crippen molar-refractivity contribution >= 4 is 11.6 Å². The monoisotopic (exact) mass is 370 g/mol. The van der Waals surface area contributed by atoms with Crippen LogP contribution in [0.2, 0.25) is 0 Å². The van der Waals surface area contributed by atoms with E-state index >= 15 is 0 Å². The first kappa shape index (κ1) is 20.6. The summed E-state index contributed by atoms with van der Waals surface area (Å²) in [6.45, 7) is 7.19. The van der Waals surface area contributed by atoms with Gasteiger partial charge in [0, 0.05) is 18.3 Å². The molecule has 1 amide bonds. The first-order chi connectivity index (χ1) is 13.0. The number of carbonyl (C=O) groups is 1. The Bertz CT molecular complexity index is 759. The minimum absolute atomic E-state index is 0.0208. The zero-order valence-corrected chi connectivity index (χ0v) is 16.9. The van der Waals surface area contributed by atoms with Crippen LogP contribution >= 0.6 is 0 Å². The molecule has 0 saturated carbocycles. The summed E-state index contributed by atoms with van der Waals surface area (Å²) < 4.78 is 10.6. The van der Waals surface area contributed by atoms with Crippen molar-refractivity contribution in [3.05, 3.63) is 53.6 Å². The van der Waals surface area contributed by atoms with Crippen LogP contribution in [0.1, 0.15) is 25.0 Å². The predicted molar refractivity (Wildman–Crippen MR) is 110 cm³/mol. The Morgan fingerprint density at radius 2 is 1.78 bits per heavy atom. The smallest absolute Gasteiger partial charge is 0.239 e. The lowest BCUT2D eigenvalue weighted by Gasteiger charge is -2.29. The Balaban J connectivity index is 1.92. The number of anilines is 1. The fourth-order valence-corrected chi connectivity index (χ4v) is 3.02. The Hall–Kier alpha value is -2.69. The number of ether oxygens (including phenoxy) is 2. The quantitative estimate of drug-likeness (QED) is 0.733. The predicted octanol–water partition coefficient (Wildman–Crippen LogP) is 3.59. The average molecular weight is 370 g/mol. The molecule has 0 saturated heterocycles. The van der Waals surface area contributed by atoms with Gasteiger partial charge in [-0.15, -0.1) is 0 Å². The lowest BCUT2D eigenvalue weighted by Crippen LogP contribution is -2.41. The fourth-order valence-electron chi connectivity index (χ4n) is 3.02. The molecule has 0 heterocycles. The van der Waals surface area contributed by atoms with Crippen LogP contribution in [0.3, 0.4) is 0 Å². The molecule has 0 bridgehead atoms. The van der Waals surface area contributed by atoms with E-state index in [0.717, 1.165) is 17.7 Å². The van der Waals surface area contributed by atoms with Gasteiger partial charge in [-0.1, -0.05) is 24.3 Å². The summed E-state index contributed by atoms with van der Waals surface area (Å²) >= 11 is 0. The molecule has 0 radical (unpaired) electrons. The third-order valence-corrected chi connectivity index (χ3v) is 4.55. The maximum absolute atomic E-state index is 12.5. The van der Waals surface area contributed by atoms with E-state index in [9.17, 15) is 4.79 Å². The van der Waals surface area contributed by atoms with Crippen LogP contribution in [-0.2, 0) is 11.2 Å². The van der Waals surface area contributed by atoms with Crippen LogP contribution in [-0.4, -0.2) is 39.3 Å². The van der Waals surface area contributed by atoms with E-state index < -0.39 is 0 Å². The Labute approximate surface area is 162 Å². The highest BCUT2D eigenvalue weighted by Crippen LogP contribution is 2.27. The molecule has 0 aliphatic carbocycles. The summed E-state index contributed by atoms with van der Waals surface area (Å²) in [5, 5.41) is 3.02. The van der Waals surface area contributed by atoms with Crippen LogP contribution in [0, 0.1) is 6.92 Å². The second-order valence-electron chi connectivity index (χ2n) is 6.80. The Morgan fingerprint density at radius 3 is 2.41 bits per heavy atom. The zero-order valence-electron chi connectivity index (χ0n) is 16.9. The third kappa shape index (κ3) is 5.64. The largest absolute Gasteiger partial charge is 0.493 e. The highest BCUT2D eigenvalue weighted by atomic mass is 16.5. The molecule has 27 heavy (non-hydrogen) atoms. The van der Waals surface area contributed by atoms with Gasteiger partial charge in [0.2, 0.25) is 5.91 Å². The number of hydrogen-bond donors (Lipinski definition) is 1. The summed E-state index contributed by atoms with van der Waals surface area (Å²) in [4.78, 5) is 14.6. The lowest BCUT2D eigenvalue weighted by molar-refractivity contribution is -0.119. The summed E-state index contributed by atoms with van der Waals surface area (Å²) in [7, 11) is 3.24. The second kappa shape index (κ2) is 9.86. The van der Waals surface area contributed by atoms with Crippen molar-refractivity contribution in [2.45, 2.75) is 33.2 Å². The van der Waals surface area contributed by atoms with E-state index in [2.05, 4.69) is 43.1 Å². The number of nitrogens with one attached hydrogen (secondary N) is 1. The maximum Gasteiger partial charge on any atom is 0.239 e. The molecule has 0 aromatic heterocycles. The number of aryl methyl sites for hydroxylation is 1. The highest BCUT2D eigenvalue weighted by molar-refractivity contribution is 5.81. The van der Waals surface area contributed by atoms with Crippen LogP contribution in [0.5, 0.6) is 11.5 Å². The molecule has 0 aliphatic rings. The average Bonchev–Trinajstić information content (AvgIpc) is 2.66. The van der Waals surface area contributed by atoms with Gasteiger partial charge in [-0.3, -0.25) is 4.79 Å². The fraction of sp³-hybridized carbons (Fsp3) is 0.409. The number of methoxy groups -OCH3 is 2. The first-order valence-electron chi connectivity index (χ1n) is 9.26. The lowest BCUT2D eigenvalue weighted by atomic mass is 10.1. The van der Waals surface area contributed by atoms with Gasteiger partial charge in [-0.2, -0.15) is 0 Å². The standard InChI is InChI=1S/C22H30N2O3/c1-16(2)24(19-9-7-6-8-17(19)3)15-22(25)23-13-12-18-10-11-20(26-4)21(14-18)27-5/h6-11,14,16H,12-13,15H2,1-5H3,(H,23,25). The van der Waals surface area contributed by atoms with Crippen LogP contribution in [0.4, 0.5) is 5.69 Å². The summed E-state index contributed by atoms with van der Waals surface area (Å²) in [6.07, 6.45) is 0.734. The van der Waals surface area contributed by atoms with Crippen molar-refractivity contribution in [1.29, 1.82) is 0 Å². The SMILES string of the molecule is COc1ccc(CCNC(=O)CN(c2ccccc2C)C(C)C)cc1OC. The van der Waals surface area contributed by atoms with Gasteiger partial charge >= 0.3 is 0 Å². The maximum atomic E-state index is 12.5. The summed E-state index contributed by atoms with van der Waals surface area (Å²) in [5.74, 6) is 1.43. The zero-order chi connectivity index (χ0) is 19.8. The van der Waals surface area contributed by atoms with Crippen molar-refractivity contribution in [3.8, 4) is 11.5 Å². The van der Waals surface area contributed by atoms with E-state index in [-0.39, 0.29) is 11.9 Å². The van der Waals surface area contributed by atoms with Crippen molar-refractivity contribution in [1.82, 2.24) is 5.32 Å². The van der Waals surface area contributed by atoms with Gasteiger partial charge in [0.05, 0.1) is 20.8 Å². The molecule has 5 nitrogen and oxygen atoms in total. The molecule has 1 N–H and O–H groups in total. The van der Waals surface area contributed by atoms with Gasteiger partial charge in [0.25, 0.3) is 0 Å². The highest BCUT2D eigenvalue weighted by Gasteiger charge is 2.16. The van der Waals surface area contributed by atoms with E-state index in [1.807, 2.05) is 30.3 Å². The van der Waals surface area contributed by atoms with E-state index in [1.165, 1.54) is 5.56 Å². The van der Waals surface area contributed by atoms with Crippen molar-refractivity contribution < 1.29 is 14.3 Å². The molecular weight excluding hydrogens is 340 g/mol. The van der Waals surface area contributed by atoms with Crippen molar-refractivity contribution in [2.75, 3.05) is 32.2 Å². The van der Waals surface area contributed by atoms with Crippen LogP contribution in [0.25, 0.3) is 0 Å². The van der Waals surface area contributed by atoms with Gasteiger partial charge < -0.3 is 19.7 Å². The molecule has 2 rings (SSSR count). The number of para-hydroxylation sites is 1. The summed E-state index contributed by atoms with van der Waals surface area (Å²) in [5.41, 5.74) is 3.36. The van der Waals surface area contributed by atoms with Crippen molar-refractivity contribution in [2.24, 2.45) is 0 Å². The first-order valence-corrected chi connectivity index (χ1v) is 9.26. The number of carbonyl (C=O) groups excluding carboxylic acids is 1. The van der Waals surface area contributed by atoms with Crippen molar-refractivity contribution in [3.63, 3.8) is 0 Å². The van der Waals surface area contributed by atoms with E-state index in [0.29, 0.717) is 24.6 Å². The molecule has 0 atom stereocenters. The molecule has 2 aromatic carbocycles. The van der Waals surface area contributed by atoms with Crippen LogP contribution < -0.4 is 19.7 Å². The Morgan fingerprint density at radius 1 is 1.07 bits per heavy atom. The summed E-state index contributed by atoms with van der Waals surface area (Å²) in [6, 6.07) is 14.2. The minimum atomic E-state index is 0.0208. The third-order valence-electron chi connectivity index (χ3n) is 4.55. The van der Waals surface area contributed by atoms with E-state index in [1.54, 1.807) is 14.2 Å². The second-order valence-corrected chi connectivity index (χ2v) is 6.80. The molecule has 2 aromatic rings. The van der Waals surface area contributed by atoms with E-state index in [4.69, 9.17) is 9.47 Å². The number of hydrogen-bond acceptors (Lipinski definition) is 4.